The van der Waals surface area contributed by atoms with Crippen molar-refractivity contribution in [3.63, 3.8) is 0 Å². The molecule has 0 saturated heterocycles. The van der Waals surface area contributed by atoms with Gasteiger partial charge in [-0.05, 0) is 29.2 Å². The van der Waals surface area contributed by atoms with Crippen LogP contribution in [-0.2, 0) is 17.9 Å². The average Bonchev–Trinajstić information content (AvgIpc) is 3.42. The van der Waals surface area contributed by atoms with Crippen LogP contribution >= 0.6 is 11.3 Å². The largest absolute Gasteiger partial charge is 0.480 e. The summed E-state index contributed by atoms with van der Waals surface area (Å²) in [5.41, 5.74) is 3.74. The Morgan fingerprint density at radius 1 is 1.00 bits per heavy atom. The lowest BCUT2D eigenvalue weighted by Crippen LogP contribution is -2.44. The normalized spacial score (nSPS) is 11.7. The number of hydrogen-bond acceptors (Lipinski definition) is 7. The molecule has 4 rings (SSSR count). The van der Waals surface area contributed by atoms with Crippen LogP contribution in [0.25, 0.3) is 11.3 Å². The van der Waals surface area contributed by atoms with Crippen LogP contribution in [0.15, 0.2) is 84.2 Å². The Labute approximate surface area is 229 Å². The molecule has 3 aromatic carbocycles. The summed E-state index contributed by atoms with van der Waals surface area (Å²) in [4.78, 5) is 41.8. The maximum atomic E-state index is 12.6. The minimum atomic E-state index is -1.07. The molecule has 0 aliphatic rings. The zero-order valence-electron chi connectivity index (χ0n) is 21.5. The first-order valence-corrected chi connectivity index (χ1v) is 13.2. The van der Waals surface area contributed by atoms with Gasteiger partial charge in [-0.25, -0.2) is 9.78 Å². The molecular formula is C29H28N4O5S. The Hall–Kier alpha value is -4.57. The van der Waals surface area contributed by atoms with Gasteiger partial charge in [-0.2, -0.15) is 0 Å². The molecule has 0 bridgehead atoms. The van der Waals surface area contributed by atoms with Gasteiger partial charge in [0.1, 0.15) is 6.04 Å². The second kappa shape index (κ2) is 12.3. The van der Waals surface area contributed by atoms with Crippen LogP contribution in [0.5, 0.6) is 0 Å². The third-order valence-electron chi connectivity index (χ3n) is 6.14. The highest BCUT2D eigenvalue weighted by Crippen LogP contribution is 2.31. The van der Waals surface area contributed by atoms with Gasteiger partial charge in [0.15, 0.2) is 5.13 Å². The minimum absolute atomic E-state index is 0.00962. The first kappa shape index (κ1) is 27.5. The summed E-state index contributed by atoms with van der Waals surface area (Å²) in [7, 11) is 0. The van der Waals surface area contributed by atoms with Gasteiger partial charge in [-0.15, -0.1) is 11.3 Å². The Bertz CT molecular complexity index is 1450. The fourth-order valence-electron chi connectivity index (χ4n) is 4.04. The summed E-state index contributed by atoms with van der Waals surface area (Å²) in [5, 5.41) is 25.8. The monoisotopic (exact) mass is 544 g/mol. The average molecular weight is 545 g/mol. The number of thiazole rings is 1. The van der Waals surface area contributed by atoms with Crippen LogP contribution in [0.4, 0.5) is 10.8 Å². The summed E-state index contributed by atoms with van der Waals surface area (Å²) >= 11 is 1.45. The van der Waals surface area contributed by atoms with Gasteiger partial charge in [0.2, 0.25) is 0 Å². The minimum Gasteiger partial charge on any atom is -0.480 e. The molecule has 4 aromatic rings. The van der Waals surface area contributed by atoms with Crippen molar-refractivity contribution in [1.29, 1.82) is 0 Å². The number of carbonyl (C=O) groups is 2. The lowest BCUT2D eigenvalue weighted by molar-refractivity contribution is -0.384. The zero-order valence-corrected chi connectivity index (χ0v) is 22.3. The number of nitro benzene ring substituents is 1. The van der Waals surface area contributed by atoms with Gasteiger partial charge < -0.3 is 15.3 Å². The van der Waals surface area contributed by atoms with Gasteiger partial charge in [0, 0.05) is 41.7 Å². The number of nitrogens with zero attached hydrogens (tertiary/aromatic N) is 3. The van der Waals surface area contributed by atoms with Crippen molar-refractivity contribution in [2.45, 2.75) is 33.0 Å². The number of non-ortho nitro benzene ring substituents is 1. The first-order valence-electron chi connectivity index (χ1n) is 12.3. The molecule has 1 unspecified atom stereocenters. The molecule has 1 atom stereocenters. The highest BCUT2D eigenvalue weighted by Gasteiger charge is 2.24. The molecule has 0 saturated carbocycles. The zero-order chi connectivity index (χ0) is 27.9. The van der Waals surface area contributed by atoms with E-state index < -0.39 is 22.8 Å². The summed E-state index contributed by atoms with van der Waals surface area (Å²) in [6.07, 6.45) is 0. The Balaban J connectivity index is 1.56. The Morgan fingerprint density at radius 3 is 2.28 bits per heavy atom. The topological polar surface area (TPSA) is 126 Å². The van der Waals surface area contributed by atoms with E-state index in [0.717, 1.165) is 16.3 Å². The van der Waals surface area contributed by atoms with E-state index in [4.69, 9.17) is 4.98 Å². The second-order valence-electron chi connectivity index (χ2n) is 9.39. The Morgan fingerprint density at radius 2 is 1.67 bits per heavy atom. The standard InChI is InChI=1S/C29H28N4O5S/c1-19(2)26(28(35)36)31-27(34)22-13-11-21(12-14-22)17-32(16-20-7-4-3-5-8-20)29-30-25(18-39-29)23-9-6-10-24(15-23)33(37)38/h3-15,18-19,26H,16-17H2,1-2H3,(H,31,34)(H,35,36). The highest BCUT2D eigenvalue weighted by molar-refractivity contribution is 7.14. The number of carboxylic acid groups (broad SMARTS) is 1. The Kier molecular flexibility index (Phi) is 8.67. The molecule has 2 N–H and O–H groups in total. The van der Waals surface area contributed by atoms with Crippen molar-refractivity contribution in [3.8, 4) is 11.3 Å². The third-order valence-corrected chi connectivity index (χ3v) is 7.04. The van der Waals surface area contributed by atoms with Crippen molar-refractivity contribution < 1.29 is 19.6 Å². The van der Waals surface area contributed by atoms with Crippen LogP contribution in [-0.4, -0.2) is 32.9 Å². The van der Waals surface area contributed by atoms with Crippen LogP contribution < -0.4 is 10.2 Å². The molecule has 0 radical (unpaired) electrons. The predicted molar refractivity (Wildman–Crippen MR) is 151 cm³/mol. The third kappa shape index (κ3) is 7.05. The van der Waals surface area contributed by atoms with Gasteiger partial charge in [-0.3, -0.25) is 14.9 Å². The van der Waals surface area contributed by atoms with Crippen LogP contribution in [0.3, 0.4) is 0 Å². The first-order chi connectivity index (χ1) is 18.7. The number of amides is 1. The molecule has 200 valence electrons. The van der Waals surface area contributed by atoms with Crippen molar-refractivity contribution in [2.75, 3.05) is 4.90 Å². The molecule has 0 fully saturated rings. The number of carboxylic acids is 1. The van der Waals surface area contributed by atoms with Crippen molar-refractivity contribution >= 4 is 34.0 Å². The summed E-state index contributed by atoms with van der Waals surface area (Å²) in [6.45, 7) is 4.57. The lowest BCUT2D eigenvalue weighted by Gasteiger charge is -2.22. The fraction of sp³-hybridized carbons (Fsp3) is 0.207. The molecule has 1 amide bonds. The van der Waals surface area contributed by atoms with Crippen LogP contribution in [0, 0.1) is 16.0 Å². The summed E-state index contributed by atoms with van der Waals surface area (Å²) < 4.78 is 0. The number of carbonyl (C=O) groups excluding carboxylic acids is 1. The van der Waals surface area contributed by atoms with E-state index in [2.05, 4.69) is 10.2 Å². The number of hydrogen-bond donors (Lipinski definition) is 2. The molecular weight excluding hydrogens is 516 g/mol. The van der Waals surface area contributed by atoms with E-state index in [1.807, 2.05) is 47.8 Å². The summed E-state index contributed by atoms with van der Waals surface area (Å²) in [5.74, 6) is -1.76. The number of anilines is 1. The van der Waals surface area contributed by atoms with E-state index in [-0.39, 0.29) is 11.6 Å². The van der Waals surface area contributed by atoms with Crippen LogP contribution in [0.1, 0.15) is 35.3 Å². The number of aliphatic carboxylic acids is 1. The smallest absolute Gasteiger partial charge is 0.326 e. The van der Waals surface area contributed by atoms with E-state index in [0.29, 0.717) is 29.9 Å². The molecule has 1 heterocycles. The number of nitrogens with one attached hydrogen (secondary N) is 1. The number of aromatic nitrogens is 1. The SMILES string of the molecule is CC(C)C(NC(=O)c1ccc(CN(Cc2ccccc2)c2nc(-c3cccc([N+](=O)[O-])c3)cs2)cc1)C(=O)O. The molecule has 39 heavy (non-hydrogen) atoms. The van der Waals surface area contributed by atoms with E-state index >= 15 is 0 Å². The van der Waals surface area contributed by atoms with Gasteiger partial charge >= 0.3 is 5.97 Å². The highest BCUT2D eigenvalue weighted by atomic mass is 32.1. The molecule has 10 heteroatoms. The molecule has 0 aliphatic heterocycles. The van der Waals surface area contributed by atoms with Crippen molar-refractivity contribution in [1.82, 2.24) is 10.3 Å². The number of benzene rings is 3. The second-order valence-corrected chi connectivity index (χ2v) is 10.2. The fourth-order valence-corrected chi connectivity index (χ4v) is 4.87. The van der Waals surface area contributed by atoms with Crippen LogP contribution in [0.2, 0.25) is 0 Å². The van der Waals surface area contributed by atoms with Gasteiger partial charge in [0.05, 0.1) is 10.6 Å². The molecule has 1 aromatic heterocycles. The molecule has 0 aliphatic carbocycles. The van der Waals surface area contributed by atoms with E-state index in [1.165, 1.54) is 23.5 Å². The summed E-state index contributed by atoms with van der Waals surface area (Å²) in [6, 6.07) is 22.4. The quantitative estimate of drug-likeness (QED) is 0.181. The maximum absolute atomic E-state index is 12.6. The maximum Gasteiger partial charge on any atom is 0.326 e. The van der Waals surface area contributed by atoms with Gasteiger partial charge in [0.25, 0.3) is 11.6 Å². The van der Waals surface area contributed by atoms with E-state index in [9.17, 15) is 24.8 Å². The van der Waals surface area contributed by atoms with Crippen molar-refractivity contribution in [3.05, 3.63) is 111 Å². The van der Waals surface area contributed by atoms with Crippen molar-refractivity contribution in [2.24, 2.45) is 5.92 Å². The predicted octanol–water partition coefficient (Wildman–Crippen LogP) is 5.76. The molecule has 0 spiro atoms. The number of rotatable bonds is 11. The number of nitro groups is 1. The van der Waals surface area contributed by atoms with Gasteiger partial charge in [-0.1, -0.05) is 68.4 Å². The lowest BCUT2D eigenvalue weighted by atomic mass is 10.0. The van der Waals surface area contributed by atoms with E-state index in [1.54, 1.807) is 38.1 Å². The molecule has 9 nitrogen and oxygen atoms in total.